The molecule has 0 bridgehead atoms. The van der Waals surface area contributed by atoms with Gasteiger partial charge in [-0.2, -0.15) is 0 Å². The first-order valence-electron chi connectivity index (χ1n) is 12.5. The largest absolute Gasteiger partial charge is 0.444 e. The topological polar surface area (TPSA) is 104 Å². The molecule has 1 aliphatic rings. The van der Waals surface area contributed by atoms with Gasteiger partial charge in [-0.1, -0.05) is 38.1 Å². The lowest BCUT2D eigenvalue weighted by atomic mass is 10.0. The van der Waals surface area contributed by atoms with E-state index in [0.29, 0.717) is 25.9 Å². The van der Waals surface area contributed by atoms with E-state index in [4.69, 9.17) is 9.72 Å². The molecule has 2 unspecified atom stereocenters. The number of amides is 2. The molecule has 1 saturated heterocycles. The number of β-amino-alcohol motifs (C(OH)–C–C–N with tert-alkyl or cyclic N) is 1. The van der Waals surface area contributed by atoms with Crippen molar-refractivity contribution in [2.75, 3.05) is 13.1 Å². The van der Waals surface area contributed by atoms with Crippen LogP contribution in [0, 0.1) is 5.92 Å². The van der Waals surface area contributed by atoms with Crippen molar-refractivity contribution in [2.45, 2.75) is 84.2 Å². The Morgan fingerprint density at radius 2 is 1.94 bits per heavy atom. The first-order chi connectivity index (χ1) is 16.5. The number of fused-ring (bicyclic) bond motifs is 1. The van der Waals surface area contributed by atoms with E-state index in [0.717, 1.165) is 29.6 Å². The molecule has 1 aromatic carbocycles. The van der Waals surface area contributed by atoms with E-state index in [9.17, 15) is 14.7 Å². The highest BCUT2D eigenvalue weighted by atomic mass is 16.6. The van der Waals surface area contributed by atoms with Gasteiger partial charge in [-0.3, -0.25) is 14.7 Å². The third-order valence-corrected chi connectivity index (χ3v) is 5.98. The van der Waals surface area contributed by atoms with Crippen LogP contribution in [-0.2, 0) is 16.1 Å². The van der Waals surface area contributed by atoms with Crippen LogP contribution in [0.3, 0.4) is 0 Å². The van der Waals surface area contributed by atoms with E-state index in [2.05, 4.69) is 21.6 Å². The summed E-state index contributed by atoms with van der Waals surface area (Å²) in [5.74, 6) is -0.0945. The predicted molar refractivity (Wildman–Crippen MR) is 137 cm³/mol. The zero-order valence-electron chi connectivity index (χ0n) is 21.6. The van der Waals surface area contributed by atoms with Gasteiger partial charge in [0.1, 0.15) is 11.6 Å². The highest BCUT2D eigenvalue weighted by Crippen LogP contribution is 2.18. The molecule has 2 aromatic rings. The summed E-state index contributed by atoms with van der Waals surface area (Å²) in [5, 5.41) is 17.7. The van der Waals surface area contributed by atoms with Gasteiger partial charge in [-0.25, -0.2) is 4.79 Å². The predicted octanol–water partition coefficient (Wildman–Crippen LogP) is 3.62. The van der Waals surface area contributed by atoms with E-state index >= 15 is 0 Å². The minimum absolute atomic E-state index is 0.199. The Bertz CT molecular complexity index is 1000. The van der Waals surface area contributed by atoms with E-state index < -0.39 is 23.8 Å². The van der Waals surface area contributed by atoms with E-state index in [1.807, 2.05) is 44.2 Å². The summed E-state index contributed by atoms with van der Waals surface area (Å²) in [5.41, 5.74) is 1.26. The number of benzene rings is 1. The van der Waals surface area contributed by atoms with E-state index in [-0.39, 0.29) is 17.9 Å². The van der Waals surface area contributed by atoms with Gasteiger partial charge in [-0.05, 0) is 64.6 Å². The number of hydrogen-bond donors (Lipinski definition) is 3. The average Bonchev–Trinajstić information content (AvgIpc) is 2.92. The minimum atomic E-state index is -0.724. The molecule has 3 rings (SSSR count). The van der Waals surface area contributed by atoms with E-state index in [1.165, 1.54) is 0 Å². The molecule has 1 fully saturated rings. The van der Waals surface area contributed by atoms with Gasteiger partial charge in [0.05, 0.1) is 23.4 Å². The summed E-state index contributed by atoms with van der Waals surface area (Å²) >= 11 is 0. The van der Waals surface area contributed by atoms with Gasteiger partial charge in [0.2, 0.25) is 5.91 Å². The van der Waals surface area contributed by atoms with Gasteiger partial charge in [-0.15, -0.1) is 0 Å². The van der Waals surface area contributed by atoms with Crippen LogP contribution in [0.15, 0.2) is 36.4 Å². The third kappa shape index (κ3) is 8.47. The fourth-order valence-corrected chi connectivity index (χ4v) is 4.38. The van der Waals surface area contributed by atoms with Crippen molar-refractivity contribution < 1.29 is 19.4 Å². The van der Waals surface area contributed by atoms with Crippen LogP contribution < -0.4 is 10.6 Å². The minimum Gasteiger partial charge on any atom is -0.444 e. The first-order valence-corrected chi connectivity index (χ1v) is 12.5. The summed E-state index contributed by atoms with van der Waals surface area (Å²) in [6.07, 6.45) is 0.643. The molecule has 2 amide bonds. The molecular weight excluding hydrogens is 444 g/mol. The number of ether oxygens (including phenoxy) is 1. The second kappa shape index (κ2) is 11.8. The highest BCUT2D eigenvalue weighted by Gasteiger charge is 2.31. The van der Waals surface area contributed by atoms with Gasteiger partial charge in [0, 0.05) is 18.5 Å². The molecular formula is C27H40N4O4. The van der Waals surface area contributed by atoms with E-state index in [1.54, 1.807) is 20.8 Å². The summed E-state index contributed by atoms with van der Waals surface area (Å²) in [7, 11) is 0. The maximum Gasteiger partial charge on any atom is 0.408 e. The molecule has 0 spiro atoms. The molecule has 1 aromatic heterocycles. The Hall–Kier alpha value is -2.71. The smallest absolute Gasteiger partial charge is 0.408 e. The zero-order chi connectivity index (χ0) is 25.6. The fourth-order valence-electron chi connectivity index (χ4n) is 4.38. The second-order valence-electron chi connectivity index (χ2n) is 10.9. The first kappa shape index (κ1) is 26.9. The van der Waals surface area contributed by atoms with Crippen LogP contribution in [-0.4, -0.2) is 63.9 Å². The Kier molecular flexibility index (Phi) is 9.08. The number of hydrogen-bond acceptors (Lipinski definition) is 6. The number of nitrogens with zero attached hydrogens (tertiary/aromatic N) is 2. The molecule has 3 atom stereocenters. The number of likely N-dealkylation sites (tertiary alicyclic amines) is 1. The van der Waals surface area contributed by atoms with Crippen molar-refractivity contribution in [3.63, 3.8) is 0 Å². The third-order valence-electron chi connectivity index (χ3n) is 5.98. The van der Waals surface area contributed by atoms with Crippen molar-refractivity contribution in [2.24, 2.45) is 5.92 Å². The maximum absolute atomic E-state index is 13.1. The number of rotatable bonds is 7. The van der Waals surface area contributed by atoms with Crippen LogP contribution in [0.2, 0.25) is 0 Å². The molecule has 8 nitrogen and oxygen atoms in total. The Morgan fingerprint density at radius 1 is 1.20 bits per heavy atom. The molecule has 8 heteroatoms. The molecule has 35 heavy (non-hydrogen) atoms. The normalized spacial score (nSPS) is 20.3. The van der Waals surface area contributed by atoms with Gasteiger partial charge >= 0.3 is 6.09 Å². The quantitative estimate of drug-likeness (QED) is 0.555. The lowest BCUT2D eigenvalue weighted by Gasteiger charge is -2.28. The summed E-state index contributed by atoms with van der Waals surface area (Å²) in [6, 6.07) is 11.0. The number of pyridine rings is 1. The Balaban J connectivity index is 1.59. The summed E-state index contributed by atoms with van der Waals surface area (Å²) < 4.78 is 5.34. The number of aromatic nitrogens is 1. The molecule has 2 heterocycles. The van der Waals surface area contributed by atoms with Crippen molar-refractivity contribution in [3.05, 3.63) is 42.1 Å². The number of carbonyl (C=O) groups is 2. The van der Waals surface area contributed by atoms with Crippen LogP contribution in [0.25, 0.3) is 10.9 Å². The SMILES string of the molecule is CC(C)CC(NC(=O)OC(C)(C)C)C(=O)NC1CCCN(Cc2ccc3ccccc3n2)C[C@@H]1O. The molecule has 0 radical (unpaired) electrons. The van der Waals surface area contributed by atoms with Gasteiger partial charge in [0.15, 0.2) is 0 Å². The number of aliphatic hydroxyl groups excluding tert-OH is 1. The molecule has 3 N–H and O–H groups in total. The van der Waals surface area contributed by atoms with Crippen LogP contribution in [0.1, 0.15) is 59.6 Å². The number of para-hydroxylation sites is 1. The molecule has 0 saturated carbocycles. The van der Waals surface area contributed by atoms with Gasteiger partial charge < -0.3 is 20.5 Å². The second-order valence-corrected chi connectivity index (χ2v) is 10.9. The summed E-state index contributed by atoms with van der Waals surface area (Å²) in [6.45, 7) is 11.2. The molecule has 1 aliphatic heterocycles. The highest BCUT2D eigenvalue weighted by molar-refractivity contribution is 5.86. The van der Waals surface area contributed by atoms with Crippen molar-refractivity contribution in [1.82, 2.24) is 20.5 Å². The van der Waals surface area contributed by atoms with Crippen LogP contribution >= 0.6 is 0 Å². The zero-order valence-corrected chi connectivity index (χ0v) is 21.6. The summed E-state index contributed by atoms with van der Waals surface area (Å²) in [4.78, 5) is 32.3. The van der Waals surface area contributed by atoms with Crippen molar-refractivity contribution in [1.29, 1.82) is 0 Å². The van der Waals surface area contributed by atoms with Crippen LogP contribution in [0.5, 0.6) is 0 Å². The maximum atomic E-state index is 13.1. The Morgan fingerprint density at radius 3 is 2.66 bits per heavy atom. The number of aliphatic hydroxyl groups is 1. The standard InChI is InChI=1S/C27H40N4O4/c1-18(2)15-23(30-26(34)35-27(3,4)5)25(33)29-22-11-8-14-31(17-24(22)32)16-20-13-12-19-9-6-7-10-21(19)28-20/h6-7,9-10,12-13,18,22-24,32H,8,11,14-17H2,1-5H3,(H,29,33)(H,30,34)/t22?,23?,24-/m0/s1. The monoisotopic (exact) mass is 484 g/mol. The number of alkyl carbamates (subject to hydrolysis) is 1. The lowest BCUT2D eigenvalue weighted by Crippen LogP contribution is -2.54. The van der Waals surface area contributed by atoms with Crippen molar-refractivity contribution in [3.8, 4) is 0 Å². The van der Waals surface area contributed by atoms with Crippen molar-refractivity contribution >= 4 is 22.9 Å². The van der Waals surface area contributed by atoms with Crippen LogP contribution in [0.4, 0.5) is 4.79 Å². The number of nitrogens with one attached hydrogen (secondary N) is 2. The molecule has 192 valence electrons. The van der Waals surface area contributed by atoms with Gasteiger partial charge in [0.25, 0.3) is 0 Å². The number of carbonyl (C=O) groups excluding carboxylic acids is 2. The average molecular weight is 485 g/mol. The molecule has 0 aliphatic carbocycles. The lowest BCUT2D eigenvalue weighted by molar-refractivity contribution is -0.125. The Labute approximate surface area is 208 Å². The fraction of sp³-hybridized carbons (Fsp3) is 0.593.